The molecule has 1 spiro atoms. The van der Waals surface area contributed by atoms with Crippen LogP contribution in [0.5, 0.6) is 0 Å². The molecule has 10 atom stereocenters. The second kappa shape index (κ2) is 12.1. The number of aliphatic hydroxyl groups excluding tert-OH is 2. The minimum absolute atomic E-state index is 0.0261. The van der Waals surface area contributed by atoms with Gasteiger partial charge in [0.2, 0.25) is 5.79 Å². The van der Waals surface area contributed by atoms with E-state index in [-0.39, 0.29) is 17.9 Å². The summed E-state index contributed by atoms with van der Waals surface area (Å²) >= 11 is 0. The molecule has 8 heteroatoms. The zero-order chi connectivity index (χ0) is 29.5. The summed E-state index contributed by atoms with van der Waals surface area (Å²) in [6.45, 7) is 12.2. The fourth-order valence-corrected chi connectivity index (χ4v) is 7.74. The van der Waals surface area contributed by atoms with Crippen molar-refractivity contribution in [2.45, 2.75) is 129 Å². The van der Waals surface area contributed by atoms with E-state index < -0.39 is 47.9 Å². The van der Waals surface area contributed by atoms with E-state index in [0.717, 1.165) is 43.3 Å². The van der Waals surface area contributed by atoms with Crippen molar-refractivity contribution < 1.29 is 38.7 Å². The number of hydrogen-bond acceptors (Lipinski definition) is 8. The molecule has 40 heavy (non-hydrogen) atoms. The van der Waals surface area contributed by atoms with Gasteiger partial charge in [-0.3, -0.25) is 4.79 Å². The van der Waals surface area contributed by atoms with E-state index in [9.17, 15) is 15.0 Å². The highest BCUT2D eigenvalue weighted by atomic mass is 16.8. The number of carbonyl (C=O) groups excluding carboxylic acids is 1. The summed E-state index contributed by atoms with van der Waals surface area (Å²) in [5.41, 5.74) is 1.75. The molecule has 4 aliphatic rings. The summed E-state index contributed by atoms with van der Waals surface area (Å²) in [7, 11) is 3.26. The summed E-state index contributed by atoms with van der Waals surface area (Å²) in [5.74, 6) is -1.96. The SMILES string of the molecule is CCCCCCC(/C=C(\C)[C@@H](O)[C@@H](C)C(=O)O[C@@H]1CC[C@H](C)[C@@]2(C)CC3=C(C)[C@H](OC)O[C@]3(OC)[C@H]3O[C@@]312)CO. The Kier molecular flexibility index (Phi) is 9.60. The highest BCUT2D eigenvalue weighted by Gasteiger charge is 2.85. The van der Waals surface area contributed by atoms with Crippen LogP contribution in [0.2, 0.25) is 0 Å². The first-order chi connectivity index (χ1) is 19.0. The molecule has 2 aliphatic heterocycles. The third-order valence-electron chi connectivity index (χ3n) is 10.6. The fourth-order valence-electron chi connectivity index (χ4n) is 7.74. The van der Waals surface area contributed by atoms with Crippen molar-refractivity contribution in [3.8, 4) is 0 Å². The minimum atomic E-state index is -1.06. The predicted octanol–water partition coefficient (Wildman–Crippen LogP) is 5.06. The fraction of sp³-hybridized carbons (Fsp3) is 0.844. The van der Waals surface area contributed by atoms with Gasteiger partial charge in [0.05, 0.1) is 12.0 Å². The van der Waals surface area contributed by atoms with Crippen LogP contribution in [0.3, 0.4) is 0 Å². The van der Waals surface area contributed by atoms with E-state index >= 15 is 0 Å². The molecule has 8 nitrogen and oxygen atoms in total. The topological polar surface area (TPSA) is 107 Å². The minimum Gasteiger partial charge on any atom is -0.459 e. The Hall–Kier alpha value is -1.29. The van der Waals surface area contributed by atoms with Crippen LogP contribution in [-0.2, 0) is 28.5 Å². The number of fused-ring (bicyclic) bond motifs is 2. The molecule has 1 saturated heterocycles. The van der Waals surface area contributed by atoms with Gasteiger partial charge in [-0.2, -0.15) is 0 Å². The Morgan fingerprint density at radius 3 is 2.55 bits per heavy atom. The van der Waals surface area contributed by atoms with Crippen molar-refractivity contribution in [1.29, 1.82) is 0 Å². The smallest absolute Gasteiger partial charge is 0.312 e. The summed E-state index contributed by atoms with van der Waals surface area (Å²) in [6.07, 6.45) is 7.18. The number of epoxide rings is 1. The molecule has 0 bridgehead atoms. The van der Waals surface area contributed by atoms with E-state index in [2.05, 4.69) is 20.8 Å². The molecule has 2 N–H and O–H groups in total. The molecule has 228 valence electrons. The molecule has 0 amide bonds. The van der Waals surface area contributed by atoms with Crippen LogP contribution in [0, 0.1) is 23.2 Å². The second-order valence-corrected chi connectivity index (χ2v) is 12.9. The van der Waals surface area contributed by atoms with Gasteiger partial charge in [0.1, 0.15) is 17.8 Å². The number of methoxy groups -OCH3 is 2. The number of unbranched alkanes of at least 4 members (excludes halogenated alkanes) is 3. The van der Waals surface area contributed by atoms with Gasteiger partial charge in [-0.1, -0.05) is 52.5 Å². The highest BCUT2D eigenvalue weighted by Crippen LogP contribution is 2.72. The van der Waals surface area contributed by atoms with Crippen molar-refractivity contribution in [2.24, 2.45) is 23.2 Å². The zero-order valence-corrected chi connectivity index (χ0v) is 25.8. The van der Waals surface area contributed by atoms with E-state index in [1.807, 2.05) is 19.9 Å². The first-order valence-corrected chi connectivity index (χ1v) is 15.3. The molecular weight excluding hydrogens is 512 g/mol. The Balaban J connectivity index is 1.50. The van der Waals surface area contributed by atoms with Crippen LogP contribution in [-0.4, -0.2) is 73.0 Å². The maximum atomic E-state index is 13.5. The zero-order valence-electron chi connectivity index (χ0n) is 25.8. The number of esters is 1. The normalized spacial score (nSPS) is 39.2. The standard InChI is InChI=1S/C32H52O8/c1-9-10-11-12-13-23(18-33)16-19(2)26(34)22(5)27(35)38-25-15-14-20(3)30(6)17-24-21(4)28(36-7)39-32(24,37-8)29-31(25,30)40-29/h16,20,22-23,25-26,28-29,33-34H,9-15,17-18H2,1-8H3/b19-16+/t20-,22+,23?,25+,26+,28+,29-,30+,31+,32-/m0/s1. The van der Waals surface area contributed by atoms with Crippen molar-refractivity contribution in [3.05, 3.63) is 22.8 Å². The van der Waals surface area contributed by atoms with Crippen LogP contribution < -0.4 is 0 Å². The summed E-state index contributed by atoms with van der Waals surface area (Å²) in [4.78, 5) is 13.5. The van der Waals surface area contributed by atoms with Gasteiger partial charge in [-0.05, 0) is 69.1 Å². The second-order valence-electron chi connectivity index (χ2n) is 12.9. The van der Waals surface area contributed by atoms with Gasteiger partial charge in [-0.15, -0.1) is 0 Å². The van der Waals surface area contributed by atoms with Gasteiger partial charge in [0.25, 0.3) is 0 Å². The lowest BCUT2D eigenvalue weighted by Crippen LogP contribution is -2.63. The molecule has 2 heterocycles. The van der Waals surface area contributed by atoms with Gasteiger partial charge in [0, 0.05) is 32.2 Å². The summed E-state index contributed by atoms with van der Waals surface area (Å²) in [5, 5.41) is 20.9. The predicted molar refractivity (Wildman–Crippen MR) is 151 cm³/mol. The molecule has 2 saturated carbocycles. The van der Waals surface area contributed by atoms with Gasteiger partial charge in [-0.25, -0.2) is 0 Å². The van der Waals surface area contributed by atoms with Crippen molar-refractivity contribution in [3.63, 3.8) is 0 Å². The average molecular weight is 565 g/mol. The van der Waals surface area contributed by atoms with E-state index in [0.29, 0.717) is 24.3 Å². The van der Waals surface area contributed by atoms with Crippen molar-refractivity contribution in [1.82, 2.24) is 0 Å². The third-order valence-corrected chi connectivity index (χ3v) is 10.6. The quantitative estimate of drug-likeness (QED) is 0.138. The molecular formula is C32H52O8. The van der Waals surface area contributed by atoms with E-state index in [1.165, 1.54) is 6.42 Å². The lowest BCUT2D eigenvalue weighted by molar-refractivity contribution is -0.264. The van der Waals surface area contributed by atoms with E-state index in [1.54, 1.807) is 21.1 Å². The first kappa shape index (κ1) is 31.6. The van der Waals surface area contributed by atoms with Crippen LogP contribution in [0.1, 0.15) is 92.9 Å². The van der Waals surface area contributed by atoms with Crippen LogP contribution in [0.15, 0.2) is 22.8 Å². The molecule has 4 rings (SSSR count). The summed E-state index contributed by atoms with van der Waals surface area (Å²) in [6, 6.07) is 0. The maximum absolute atomic E-state index is 13.5. The van der Waals surface area contributed by atoms with Gasteiger partial charge in [0.15, 0.2) is 6.29 Å². The average Bonchev–Trinajstić information content (AvgIpc) is 3.66. The highest BCUT2D eigenvalue weighted by molar-refractivity contribution is 5.73. The Labute approximate surface area is 240 Å². The molecule has 0 aromatic rings. The molecule has 0 radical (unpaired) electrons. The van der Waals surface area contributed by atoms with Gasteiger partial charge < -0.3 is 33.9 Å². The molecule has 1 unspecified atom stereocenters. The van der Waals surface area contributed by atoms with E-state index in [4.69, 9.17) is 23.7 Å². The lowest BCUT2D eigenvalue weighted by atomic mass is 9.52. The van der Waals surface area contributed by atoms with Crippen LogP contribution in [0.25, 0.3) is 0 Å². The molecule has 0 aromatic carbocycles. The Bertz CT molecular complexity index is 991. The molecule has 3 fully saturated rings. The van der Waals surface area contributed by atoms with Crippen molar-refractivity contribution >= 4 is 5.97 Å². The number of hydrogen-bond donors (Lipinski definition) is 2. The first-order valence-electron chi connectivity index (χ1n) is 15.3. The third kappa shape index (κ3) is 5.01. The monoisotopic (exact) mass is 564 g/mol. The number of rotatable bonds is 13. The number of carbonyl (C=O) groups is 1. The van der Waals surface area contributed by atoms with Crippen LogP contribution >= 0.6 is 0 Å². The largest absolute Gasteiger partial charge is 0.459 e. The summed E-state index contributed by atoms with van der Waals surface area (Å²) < 4.78 is 30.8. The molecule has 2 aliphatic carbocycles. The van der Waals surface area contributed by atoms with Gasteiger partial charge >= 0.3 is 5.97 Å². The Morgan fingerprint density at radius 1 is 1.20 bits per heavy atom. The Morgan fingerprint density at radius 2 is 1.93 bits per heavy atom. The lowest BCUT2D eigenvalue weighted by Gasteiger charge is -2.53. The number of aliphatic hydroxyl groups is 2. The molecule has 0 aromatic heterocycles. The maximum Gasteiger partial charge on any atom is 0.312 e. The van der Waals surface area contributed by atoms with Crippen molar-refractivity contribution in [2.75, 3.05) is 20.8 Å². The number of ether oxygens (including phenoxy) is 5. The van der Waals surface area contributed by atoms with Crippen LogP contribution in [0.4, 0.5) is 0 Å².